The summed E-state index contributed by atoms with van der Waals surface area (Å²) in [7, 11) is 0. The number of non-ortho nitro benzene ring substituents is 1. The molecule has 5 nitrogen and oxygen atoms in total. The van der Waals surface area contributed by atoms with E-state index >= 15 is 0 Å². The monoisotopic (exact) mass is 219 g/mol. The molecule has 0 bridgehead atoms. The lowest BCUT2D eigenvalue weighted by atomic mass is 9.86. The van der Waals surface area contributed by atoms with E-state index in [1.807, 2.05) is 26.8 Å². The van der Waals surface area contributed by atoms with Crippen molar-refractivity contribution in [3.8, 4) is 0 Å². The summed E-state index contributed by atoms with van der Waals surface area (Å²) >= 11 is 0. The Labute approximate surface area is 92.6 Å². The van der Waals surface area contributed by atoms with Crippen LogP contribution in [0, 0.1) is 10.1 Å². The van der Waals surface area contributed by atoms with E-state index in [9.17, 15) is 10.1 Å². The van der Waals surface area contributed by atoms with Gasteiger partial charge in [-0.05, 0) is 17.0 Å². The summed E-state index contributed by atoms with van der Waals surface area (Å²) in [4.78, 5) is 10.6. The second-order valence-corrected chi connectivity index (χ2v) is 4.83. The van der Waals surface area contributed by atoms with Crippen molar-refractivity contribution in [1.29, 1.82) is 0 Å². The zero-order chi connectivity index (χ0) is 11.9. The predicted molar refractivity (Wildman–Crippen MR) is 61.4 cm³/mol. The van der Waals surface area contributed by atoms with E-state index in [0.29, 0.717) is 10.9 Å². The van der Waals surface area contributed by atoms with E-state index in [1.54, 1.807) is 6.07 Å². The minimum Gasteiger partial charge on any atom is -0.278 e. The molecule has 0 fully saturated rings. The molecule has 1 N–H and O–H groups in total. The Bertz CT molecular complexity index is 552. The van der Waals surface area contributed by atoms with E-state index in [-0.39, 0.29) is 16.0 Å². The van der Waals surface area contributed by atoms with Crippen molar-refractivity contribution in [3.05, 3.63) is 34.0 Å². The van der Waals surface area contributed by atoms with Crippen molar-refractivity contribution in [2.24, 2.45) is 0 Å². The zero-order valence-electron chi connectivity index (χ0n) is 9.44. The Balaban J connectivity index is 2.76. The van der Waals surface area contributed by atoms with Gasteiger partial charge in [-0.2, -0.15) is 5.10 Å². The first-order chi connectivity index (χ1) is 7.39. The van der Waals surface area contributed by atoms with Crippen LogP contribution in [0.4, 0.5) is 5.69 Å². The Kier molecular flexibility index (Phi) is 2.18. The van der Waals surface area contributed by atoms with Gasteiger partial charge in [0.15, 0.2) is 0 Å². The van der Waals surface area contributed by atoms with Crippen LogP contribution in [0.1, 0.15) is 26.3 Å². The maximum Gasteiger partial charge on any atom is 0.280 e. The van der Waals surface area contributed by atoms with Gasteiger partial charge in [-0.1, -0.05) is 20.8 Å². The van der Waals surface area contributed by atoms with Crippen LogP contribution in [0.15, 0.2) is 18.3 Å². The van der Waals surface area contributed by atoms with E-state index in [2.05, 4.69) is 10.2 Å². The van der Waals surface area contributed by atoms with E-state index in [1.165, 1.54) is 6.20 Å². The molecular formula is C11H13N3O2. The van der Waals surface area contributed by atoms with Crippen LogP contribution < -0.4 is 0 Å². The molecule has 2 rings (SSSR count). The quantitative estimate of drug-likeness (QED) is 0.592. The largest absolute Gasteiger partial charge is 0.280 e. The summed E-state index contributed by atoms with van der Waals surface area (Å²) in [5.41, 5.74) is 1.62. The number of aromatic amines is 1. The molecule has 0 aliphatic heterocycles. The molecule has 1 aromatic heterocycles. The Hall–Kier alpha value is -1.91. The van der Waals surface area contributed by atoms with Crippen LogP contribution in [-0.2, 0) is 5.41 Å². The molecule has 16 heavy (non-hydrogen) atoms. The molecule has 84 valence electrons. The number of benzene rings is 1. The minimum atomic E-state index is -0.368. The number of nitro groups is 1. The standard InChI is InChI=1S/C11H13N3O2/c1-11(2,3)7-4-9-8(6-12-13-9)10(5-7)14(15)16/h4-6H,1-3H3,(H,12,13). The van der Waals surface area contributed by atoms with E-state index in [0.717, 1.165) is 5.56 Å². The average molecular weight is 219 g/mol. The molecule has 0 spiro atoms. The van der Waals surface area contributed by atoms with Gasteiger partial charge in [-0.3, -0.25) is 15.2 Å². The van der Waals surface area contributed by atoms with Crippen LogP contribution in [0.2, 0.25) is 0 Å². The fourth-order valence-corrected chi connectivity index (χ4v) is 1.62. The number of H-pyrrole nitrogens is 1. The molecule has 0 saturated carbocycles. The highest BCUT2D eigenvalue weighted by atomic mass is 16.6. The maximum atomic E-state index is 11.0. The van der Waals surface area contributed by atoms with Crippen LogP contribution in [0.3, 0.4) is 0 Å². The van der Waals surface area contributed by atoms with E-state index in [4.69, 9.17) is 0 Å². The smallest absolute Gasteiger partial charge is 0.278 e. The number of aromatic nitrogens is 2. The highest BCUT2D eigenvalue weighted by Gasteiger charge is 2.21. The molecule has 0 atom stereocenters. The first kappa shape index (κ1) is 10.6. The summed E-state index contributed by atoms with van der Waals surface area (Å²) in [6.45, 7) is 6.07. The van der Waals surface area contributed by atoms with Crippen molar-refractivity contribution in [1.82, 2.24) is 10.2 Å². The molecule has 0 aliphatic rings. The molecule has 0 saturated heterocycles. The van der Waals surface area contributed by atoms with Gasteiger partial charge in [0.05, 0.1) is 22.0 Å². The number of hydrogen-bond acceptors (Lipinski definition) is 3. The summed E-state index contributed by atoms with van der Waals surface area (Å²) in [6, 6.07) is 3.53. The molecule has 0 aliphatic carbocycles. The fourth-order valence-electron chi connectivity index (χ4n) is 1.62. The predicted octanol–water partition coefficient (Wildman–Crippen LogP) is 2.77. The van der Waals surface area contributed by atoms with E-state index < -0.39 is 0 Å². The third-order valence-corrected chi connectivity index (χ3v) is 2.60. The number of rotatable bonds is 1. The van der Waals surface area contributed by atoms with Gasteiger partial charge in [-0.15, -0.1) is 0 Å². The van der Waals surface area contributed by atoms with Crippen molar-refractivity contribution in [2.45, 2.75) is 26.2 Å². The summed E-state index contributed by atoms with van der Waals surface area (Å²) in [5, 5.41) is 18.1. The number of nitrogens with one attached hydrogen (secondary N) is 1. The Morgan fingerprint density at radius 2 is 2.06 bits per heavy atom. The van der Waals surface area contributed by atoms with Crippen LogP contribution in [0.25, 0.3) is 10.9 Å². The van der Waals surface area contributed by atoms with Gasteiger partial charge in [0, 0.05) is 6.07 Å². The zero-order valence-corrected chi connectivity index (χ0v) is 9.44. The van der Waals surface area contributed by atoms with Crippen LogP contribution in [-0.4, -0.2) is 15.1 Å². The second kappa shape index (κ2) is 3.30. The molecular weight excluding hydrogens is 206 g/mol. The van der Waals surface area contributed by atoms with Gasteiger partial charge < -0.3 is 0 Å². The molecule has 0 radical (unpaired) electrons. The number of nitro benzene ring substituents is 1. The molecule has 5 heteroatoms. The van der Waals surface area contributed by atoms with Crippen molar-refractivity contribution >= 4 is 16.6 Å². The maximum absolute atomic E-state index is 11.0. The Morgan fingerprint density at radius 1 is 1.38 bits per heavy atom. The van der Waals surface area contributed by atoms with Gasteiger partial charge >= 0.3 is 0 Å². The molecule has 2 aromatic rings. The summed E-state index contributed by atoms with van der Waals surface area (Å²) in [5.74, 6) is 0. The van der Waals surface area contributed by atoms with Crippen LogP contribution >= 0.6 is 0 Å². The SMILES string of the molecule is CC(C)(C)c1cc([N+](=O)[O-])c2cn[nH]c2c1. The third-order valence-electron chi connectivity index (χ3n) is 2.60. The molecule has 1 heterocycles. The fraction of sp³-hybridized carbons (Fsp3) is 0.364. The third kappa shape index (κ3) is 1.64. The highest BCUT2D eigenvalue weighted by molar-refractivity contribution is 5.88. The topological polar surface area (TPSA) is 71.8 Å². The van der Waals surface area contributed by atoms with Crippen molar-refractivity contribution < 1.29 is 4.92 Å². The second-order valence-electron chi connectivity index (χ2n) is 4.83. The number of hydrogen-bond donors (Lipinski definition) is 1. The number of fused-ring (bicyclic) bond motifs is 1. The highest BCUT2D eigenvalue weighted by Crippen LogP contribution is 2.31. The van der Waals surface area contributed by atoms with Crippen molar-refractivity contribution in [2.75, 3.05) is 0 Å². The van der Waals surface area contributed by atoms with Crippen molar-refractivity contribution in [3.63, 3.8) is 0 Å². The van der Waals surface area contributed by atoms with Crippen LogP contribution in [0.5, 0.6) is 0 Å². The molecule has 0 amide bonds. The van der Waals surface area contributed by atoms with Gasteiger partial charge in [-0.25, -0.2) is 0 Å². The summed E-state index contributed by atoms with van der Waals surface area (Å²) in [6.07, 6.45) is 1.49. The molecule has 0 unspecified atom stereocenters. The van der Waals surface area contributed by atoms with Gasteiger partial charge in [0.1, 0.15) is 0 Å². The lowest BCUT2D eigenvalue weighted by Crippen LogP contribution is -2.11. The first-order valence-corrected chi connectivity index (χ1v) is 5.01. The lowest BCUT2D eigenvalue weighted by Gasteiger charge is -2.18. The minimum absolute atomic E-state index is 0.108. The van der Waals surface area contributed by atoms with Gasteiger partial charge in [0.25, 0.3) is 5.69 Å². The lowest BCUT2D eigenvalue weighted by molar-refractivity contribution is -0.383. The number of nitrogens with zero attached hydrogens (tertiary/aromatic N) is 2. The average Bonchev–Trinajstić information content (AvgIpc) is 2.61. The molecule has 1 aromatic carbocycles. The normalized spacial score (nSPS) is 11.9. The van der Waals surface area contributed by atoms with Gasteiger partial charge in [0.2, 0.25) is 0 Å². The summed E-state index contributed by atoms with van der Waals surface area (Å²) < 4.78 is 0. The Morgan fingerprint density at radius 3 is 2.62 bits per heavy atom. The first-order valence-electron chi connectivity index (χ1n) is 5.01.